The zero-order chi connectivity index (χ0) is 9.40. The van der Waals surface area contributed by atoms with Gasteiger partial charge in [0.2, 0.25) is 0 Å². The first-order valence-electron chi connectivity index (χ1n) is 4.71. The van der Waals surface area contributed by atoms with E-state index in [-0.39, 0.29) is 12.4 Å². The molecule has 0 amide bonds. The summed E-state index contributed by atoms with van der Waals surface area (Å²) in [6, 6.07) is 0. The highest BCUT2D eigenvalue weighted by atomic mass is 16.4. The van der Waals surface area contributed by atoms with Crippen molar-refractivity contribution in [3.05, 3.63) is 0 Å². The third-order valence-electron chi connectivity index (χ3n) is 1.90. The van der Waals surface area contributed by atoms with E-state index in [0.717, 1.165) is 25.7 Å². The van der Waals surface area contributed by atoms with E-state index in [4.69, 9.17) is 10.0 Å². The molecule has 1 atom stereocenters. The summed E-state index contributed by atoms with van der Waals surface area (Å²) in [5, 5.41) is 26.3. The summed E-state index contributed by atoms with van der Waals surface area (Å²) < 4.78 is 0. The summed E-state index contributed by atoms with van der Waals surface area (Å²) in [5.74, 6) is 0. The summed E-state index contributed by atoms with van der Waals surface area (Å²) in [6.45, 7) is 2.11. The van der Waals surface area contributed by atoms with Gasteiger partial charge in [0.25, 0.3) is 0 Å². The van der Waals surface area contributed by atoms with Crippen LogP contribution in [-0.2, 0) is 0 Å². The van der Waals surface area contributed by atoms with Crippen LogP contribution in [0, 0.1) is 0 Å². The number of unbranched alkanes of at least 4 members (excludes halogenated alkanes) is 2. The summed E-state index contributed by atoms with van der Waals surface area (Å²) in [4.78, 5) is 0. The van der Waals surface area contributed by atoms with Crippen LogP contribution in [0.2, 0.25) is 6.32 Å². The van der Waals surface area contributed by atoms with Gasteiger partial charge in [0, 0.05) is 0 Å². The zero-order valence-corrected chi connectivity index (χ0v) is 7.74. The van der Waals surface area contributed by atoms with Gasteiger partial charge in [-0.05, 0) is 19.2 Å². The van der Waals surface area contributed by atoms with Crippen molar-refractivity contribution in [2.24, 2.45) is 0 Å². The van der Waals surface area contributed by atoms with E-state index >= 15 is 0 Å². The number of aliphatic hydroxyl groups excluding tert-OH is 1. The summed E-state index contributed by atoms with van der Waals surface area (Å²) >= 11 is 0. The molecule has 0 aromatic rings. The molecule has 72 valence electrons. The molecule has 0 spiro atoms. The zero-order valence-electron chi connectivity index (χ0n) is 7.74. The number of aliphatic hydroxyl groups is 1. The highest BCUT2D eigenvalue weighted by Crippen LogP contribution is 2.08. The van der Waals surface area contributed by atoms with Gasteiger partial charge >= 0.3 is 7.12 Å². The van der Waals surface area contributed by atoms with Crippen molar-refractivity contribution in [1.82, 2.24) is 0 Å². The second-order valence-electron chi connectivity index (χ2n) is 3.21. The molecule has 0 aliphatic carbocycles. The Morgan fingerprint density at radius 2 is 1.83 bits per heavy atom. The van der Waals surface area contributed by atoms with Gasteiger partial charge in [0.15, 0.2) is 0 Å². The topological polar surface area (TPSA) is 60.7 Å². The Bertz CT molecular complexity index is 98.3. The van der Waals surface area contributed by atoms with Crippen LogP contribution in [0.3, 0.4) is 0 Å². The van der Waals surface area contributed by atoms with Crippen molar-refractivity contribution in [1.29, 1.82) is 0 Å². The van der Waals surface area contributed by atoms with Gasteiger partial charge < -0.3 is 15.2 Å². The Balaban J connectivity index is 3.15. The Morgan fingerprint density at radius 3 is 2.33 bits per heavy atom. The van der Waals surface area contributed by atoms with Crippen molar-refractivity contribution in [3.8, 4) is 0 Å². The van der Waals surface area contributed by atoms with Crippen molar-refractivity contribution in [2.45, 2.75) is 51.5 Å². The monoisotopic (exact) mass is 174 g/mol. The van der Waals surface area contributed by atoms with E-state index in [2.05, 4.69) is 6.92 Å². The van der Waals surface area contributed by atoms with Gasteiger partial charge in [-0.1, -0.05) is 26.2 Å². The van der Waals surface area contributed by atoms with Crippen molar-refractivity contribution in [2.75, 3.05) is 0 Å². The van der Waals surface area contributed by atoms with E-state index in [9.17, 15) is 5.11 Å². The summed E-state index contributed by atoms with van der Waals surface area (Å²) in [6.07, 6.45) is 4.49. The molecular weight excluding hydrogens is 155 g/mol. The third kappa shape index (κ3) is 8.05. The summed E-state index contributed by atoms with van der Waals surface area (Å²) in [7, 11) is -1.27. The number of hydrogen-bond acceptors (Lipinski definition) is 3. The predicted molar refractivity (Wildman–Crippen MR) is 49.8 cm³/mol. The molecule has 12 heavy (non-hydrogen) atoms. The van der Waals surface area contributed by atoms with Crippen molar-refractivity contribution in [3.63, 3.8) is 0 Å². The van der Waals surface area contributed by atoms with E-state index < -0.39 is 7.12 Å². The van der Waals surface area contributed by atoms with Gasteiger partial charge in [-0.3, -0.25) is 0 Å². The summed E-state index contributed by atoms with van der Waals surface area (Å²) in [5.41, 5.74) is 0. The molecule has 0 aromatic carbocycles. The van der Waals surface area contributed by atoms with Crippen LogP contribution in [0.5, 0.6) is 0 Å². The van der Waals surface area contributed by atoms with Gasteiger partial charge in [0.1, 0.15) is 0 Å². The van der Waals surface area contributed by atoms with Gasteiger partial charge in [-0.2, -0.15) is 0 Å². The van der Waals surface area contributed by atoms with Crippen LogP contribution in [0.1, 0.15) is 39.0 Å². The molecule has 0 aromatic heterocycles. The fourth-order valence-corrected chi connectivity index (χ4v) is 1.12. The molecule has 0 aliphatic rings. The Labute approximate surface area is 74.6 Å². The molecule has 0 unspecified atom stereocenters. The molecule has 0 heterocycles. The average molecular weight is 174 g/mol. The lowest BCUT2D eigenvalue weighted by molar-refractivity contribution is 0.154. The molecule has 0 fully saturated rings. The smallest absolute Gasteiger partial charge is 0.427 e. The maximum Gasteiger partial charge on any atom is 0.451 e. The van der Waals surface area contributed by atoms with Crippen molar-refractivity contribution >= 4 is 7.12 Å². The highest BCUT2D eigenvalue weighted by molar-refractivity contribution is 6.40. The fourth-order valence-electron chi connectivity index (χ4n) is 1.12. The van der Waals surface area contributed by atoms with E-state index in [1.165, 1.54) is 0 Å². The Kier molecular flexibility index (Phi) is 7.55. The molecular formula is C8H19BO3. The van der Waals surface area contributed by atoms with Crippen molar-refractivity contribution < 1.29 is 15.2 Å². The molecule has 0 saturated carbocycles. The van der Waals surface area contributed by atoms with Gasteiger partial charge in [-0.15, -0.1) is 0 Å². The molecule has 0 bridgehead atoms. The highest BCUT2D eigenvalue weighted by Gasteiger charge is 2.10. The minimum atomic E-state index is -1.27. The number of rotatable bonds is 7. The first kappa shape index (κ1) is 11.9. The van der Waals surface area contributed by atoms with Crippen LogP contribution < -0.4 is 0 Å². The van der Waals surface area contributed by atoms with Crippen LogP contribution >= 0.6 is 0 Å². The molecule has 4 heteroatoms. The van der Waals surface area contributed by atoms with E-state index in [1.54, 1.807) is 0 Å². The van der Waals surface area contributed by atoms with E-state index in [1.807, 2.05) is 0 Å². The molecule has 3 N–H and O–H groups in total. The third-order valence-corrected chi connectivity index (χ3v) is 1.90. The largest absolute Gasteiger partial charge is 0.451 e. The molecule has 0 radical (unpaired) electrons. The number of hydrogen-bond donors (Lipinski definition) is 3. The quantitative estimate of drug-likeness (QED) is 0.395. The maximum atomic E-state index is 9.30. The lowest BCUT2D eigenvalue weighted by atomic mass is 9.82. The molecule has 3 nitrogen and oxygen atoms in total. The normalized spacial score (nSPS) is 13.0. The first-order chi connectivity index (χ1) is 5.66. The van der Waals surface area contributed by atoms with Gasteiger partial charge in [0.05, 0.1) is 6.10 Å². The standard InChI is InChI=1S/C8H19BO3/c1-2-3-4-5-8(10)6-7-9(11)12/h8,10-12H,2-7H2,1H3/t8-/m1/s1. The first-order valence-corrected chi connectivity index (χ1v) is 4.71. The predicted octanol–water partition coefficient (Wildman–Crippen LogP) is 0.790. The fraction of sp³-hybridized carbons (Fsp3) is 1.00. The Hall–Kier alpha value is -0.0551. The van der Waals surface area contributed by atoms with E-state index in [0.29, 0.717) is 6.42 Å². The minimum Gasteiger partial charge on any atom is -0.427 e. The molecule has 0 rings (SSSR count). The second-order valence-corrected chi connectivity index (χ2v) is 3.21. The van der Waals surface area contributed by atoms with Crippen LogP contribution in [0.15, 0.2) is 0 Å². The van der Waals surface area contributed by atoms with Crippen LogP contribution in [0.25, 0.3) is 0 Å². The average Bonchev–Trinajstić information content (AvgIpc) is 2.01. The van der Waals surface area contributed by atoms with Gasteiger partial charge in [-0.25, -0.2) is 0 Å². The SMILES string of the molecule is CCCCC[C@@H](O)CCB(O)O. The van der Waals surface area contributed by atoms with Crippen LogP contribution in [-0.4, -0.2) is 28.4 Å². The van der Waals surface area contributed by atoms with Crippen LogP contribution in [0.4, 0.5) is 0 Å². The lowest BCUT2D eigenvalue weighted by Gasteiger charge is -2.08. The second kappa shape index (κ2) is 7.59. The lowest BCUT2D eigenvalue weighted by Crippen LogP contribution is -2.15. The molecule has 0 saturated heterocycles. The Morgan fingerprint density at radius 1 is 1.17 bits per heavy atom. The maximum absolute atomic E-state index is 9.30. The molecule has 0 aliphatic heterocycles. The minimum absolute atomic E-state index is 0.271.